The first-order valence-corrected chi connectivity index (χ1v) is 6.88. The summed E-state index contributed by atoms with van der Waals surface area (Å²) in [6, 6.07) is 7.90. The van der Waals surface area contributed by atoms with Crippen LogP contribution in [0.25, 0.3) is 10.9 Å². The van der Waals surface area contributed by atoms with Crippen LogP contribution >= 0.6 is 0 Å². The van der Waals surface area contributed by atoms with Crippen molar-refractivity contribution in [1.29, 1.82) is 0 Å². The van der Waals surface area contributed by atoms with E-state index in [1.54, 1.807) is 4.68 Å². The van der Waals surface area contributed by atoms with Gasteiger partial charge in [-0.1, -0.05) is 25.1 Å². The van der Waals surface area contributed by atoms with E-state index in [2.05, 4.69) is 12.0 Å². The zero-order valence-electron chi connectivity index (χ0n) is 11.5. The fourth-order valence-electron chi connectivity index (χ4n) is 2.73. The van der Waals surface area contributed by atoms with E-state index >= 15 is 0 Å². The second-order valence-electron chi connectivity index (χ2n) is 5.46. The third kappa shape index (κ3) is 2.11. The molecule has 0 unspecified atom stereocenters. The second kappa shape index (κ2) is 4.68. The van der Waals surface area contributed by atoms with E-state index in [1.807, 2.05) is 36.2 Å². The largest absolute Gasteiger partial charge is 0.337 e. The lowest BCUT2D eigenvalue weighted by atomic mass is 9.99. The number of hydrogen-bond donors (Lipinski definition) is 0. The van der Waals surface area contributed by atoms with Crippen molar-refractivity contribution < 1.29 is 4.79 Å². The minimum absolute atomic E-state index is 0.0729. The van der Waals surface area contributed by atoms with Gasteiger partial charge in [-0.15, -0.1) is 0 Å². The Labute approximate surface area is 113 Å². The average molecular weight is 257 g/mol. The lowest BCUT2D eigenvalue weighted by molar-refractivity contribution is 0.0692. The van der Waals surface area contributed by atoms with Crippen LogP contribution in [0.15, 0.2) is 24.3 Å². The highest BCUT2D eigenvalue weighted by Gasteiger charge is 2.25. The van der Waals surface area contributed by atoms with E-state index in [0.29, 0.717) is 5.69 Å². The number of aryl methyl sites for hydroxylation is 1. The summed E-state index contributed by atoms with van der Waals surface area (Å²) in [7, 11) is 1.89. The SMILES string of the molecule is CC1CCN(C(=O)c2nn(C)c3ccccc23)CC1. The Morgan fingerprint density at radius 2 is 1.95 bits per heavy atom. The summed E-state index contributed by atoms with van der Waals surface area (Å²) in [4.78, 5) is 14.5. The molecule has 1 aromatic heterocycles. The zero-order valence-corrected chi connectivity index (χ0v) is 11.5. The van der Waals surface area contributed by atoms with Crippen LogP contribution in [0.4, 0.5) is 0 Å². The molecule has 0 bridgehead atoms. The van der Waals surface area contributed by atoms with Gasteiger partial charge >= 0.3 is 0 Å². The second-order valence-corrected chi connectivity index (χ2v) is 5.46. The number of piperidine rings is 1. The van der Waals surface area contributed by atoms with Crippen molar-refractivity contribution in [3.05, 3.63) is 30.0 Å². The predicted molar refractivity (Wildman–Crippen MR) is 75.0 cm³/mol. The van der Waals surface area contributed by atoms with Gasteiger partial charge < -0.3 is 4.90 Å². The number of nitrogens with zero attached hydrogens (tertiary/aromatic N) is 3. The fourth-order valence-corrected chi connectivity index (χ4v) is 2.73. The van der Waals surface area contributed by atoms with Gasteiger partial charge in [-0.05, 0) is 24.8 Å². The van der Waals surface area contributed by atoms with Gasteiger partial charge in [-0.3, -0.25) is 9.48 Å². The van der Waals surface area contributed by atoms with E-state index in [4.69, 9.17) is 0 Å². The van der Waals surface area contributed by atoms with E-state index in [1.165, 1.54) is 0 Å². The molecule has 0 spiro atoms. The Balaban J connectivity index is 1.94. The van der Waals surface area contributed by atoms with Gasteiger partial charge in [-0.25, -0.2) is 0 Å². The Morgan fingerprint density at radius 1 is 1.26 bits per heavy atom. The zero-order chi connectivity index (χ0) is 13.4. The lowest BCUT2D eigenvalue weighted by Gasteiger charge is -2.29. The summed E-state index contributed by atoms with van der Waals surface area (Å²) in [6.45, 7) is 3.95. The Morgan fingerprint density at radius 3 is 2.68 bits per heavy atom. The van der Waals surface area contributed by atoms with Crippen LogP contribution in [0.5, 0.6) is 0 Å². The molecule has 1 amide bonds. The number of benzene rings is 1. The van der Waals surface area contributed by atoms with Crippen molar-refractivity contribution in [1.82, 2.24) is 14.7 Å². The van der Waals surface area contributed by atoms with Crippen molar-refractivity contribution in [2.75, 3.05) is 13.1 Å². The third-order valence-corrected chi connectivity index (χ3v) is 4.03. The quantitative estimate of drug-likeness (QED) is 0.787. The van der Waals surface area contributed by atoms with Gasteiger partial charge in [0.15, 0.2) is 5.69 Å². The van der Waals surface area contributed by atoms with Gasteiger partial charge in [0, 0.05) is 25.5 Å². The molecular weight excluding hydrogens is 238 g/mol. The van der Waals surface area contributed by atoms with Crippen molar-refractivity contribution in [3.8, 4) is 0 Å². The fraction of sp³-hybridized carbons (Fsp3) is 0.467. The summed E-state index contributed by atoms with van der Waals surface area (Å²) < 4.78 is 1.79. The third-order valence-electron chi connectivity index (χ3n) is 4.03. The Hall–Kier alpha value is -1.84. The van der Waals surface area contributed by atoms with Gasteiger partial charge in [0.2, 0.25) is 0 Å². The number of carbonyl (C=O) groups is 1. The van der Waals surface area contributed by atoms with Crippen molar-refractivity contribution in [2.45, 2.75) is 19.8 Å². The lowest BCUT2D eigenvalue weighted by Crippen LogP contribution is -2.38. The minimum Gasteiger partial charge on any atom is -0.337 e. The topological polar surface area (TPSA) is 38.1 Å². The number of para-hydroxylation sites is 1. The van der Waals surface area contributed by atoms with Gasteiger partial charge in [0.1, 0.15) is 0 Å². The van der Waals surface area contributed by atoms with Crippen molar-refractivity contribution in [2.24, 2.45) is 13.0 Å². The molecule has 0 aliphatic carbocycles. The first-order valence-electron chi connectivity index (χ1n) is 6.88. The molecule has 1 saturated heterocycles. The normalized spacial score (nSPS) is 17.1. The number of aromatic nitrogens is 2. The molecule has 0 N–H and O–H groups in total. The van der Waals surface area contributed by atoms with Crippen molar-refractivity contribution in [3.63, 3.8) is 0 Å². The number of carbonyl (C=O) groups excluding carboxylic acids is 1. The first-order chi connectivity index (χ1) is 9.16. The molecule has 0 radical (unpaired) electrons. The van der Waals surface area contributed by atoms with Crippen LogP contribution in [0.3, 0.4) is 0 Å². The standard InChI is InChI=1S/C15H19N3O/c1-11-7-9-18(10-8-11)15(19)14-12-5-3-4-6-13(12)17(2)16-14/h3-6,11H,7-10H2,1-2H3. The van der Waals surface area contributed by atoms with Crippen LogP contribution in [0.1, 0.15) is 30.3 Å². The maximum Gasteiger partial charge on any atom is 0.275 e. The van der Waals surface area contributed by atoms with Crippen molar-refractivity contribution >= 4 is 16.8 Å². The number of hydrogen-bond acceptors (Lipinski definition) is 2. The van der Waals surface area contributed by atoms with E-state index < -0.39 is 0 Å². The molecule has 4 heteroatoms. The van der Waals surface area contributed by atoms with Crippen LogP contribution in [0.2, 0.25) is 0 Å². The highest BCUT2D eigenvalue weighted by atomic mass is 16.2. The maximum absolute atomic E-state index is 12.6. The summed E-state index contributed by atoms with van der Waals surface area (Å²) in [6.07, 6.45) is 2.19. The van der Waals surface area contributed by atoms with Gasteiger partial charge in [0.25, 0.3) is 5.91 Å². The Kier molecular flexibility index (Phi) is 3.01. The molecular formula is C15H19N3O. The van der Waals surface area contributed by atoms with E-state index in [0.717, 1.165) is 42.8 Å². The maximum atomic E-state index is 12.6. The smallest absolute Gasteiger partial charge is 0.275 e. The highest BCUT2D eigenvalue weighted by molar-refractivity contribution is 6.04. The molecule has 1 fully saturated rings. The van der Waals surface area contributed by atoms with Crippen LogP contribution in [0, 0.1) is 5.92 Å². The first kappa shape index (κ1) is 12.2. The number of amides is 1. The monoisotopic (exact) mass is 257 g/mol. The molecule has 3 rings (SSSR count). The predicted octanol–water partition coefficient (Wildman–Crippen LogP) is 2.45. The van der Waals surface area contributed by atoms with Gasteiger partial charge in [0.05, 0.1) is 5.52 Å². The van der Waals surface area contributed by atoms with Crippen LogP contribution < -0.4 is 0 Å². The molecule has 1 aliphatic rings. The molecule has 19 heavy (non-hydrogen) atoms. The van der Waals surface area contributed by atoms with E-state index in [-0.39, 0.29) is 5.91 Å². The number of rotatable bonds is 1. The van der Waals surface area contributed by atoms with E-state index in [9.17, 15) is 4.79 Å². The van der Waals surface area contributed by atoms with Crippen LogP contribution in [-0.2, 0) is 7.05 Å². The number of fused-ring (bicyclic) bond motifs is 1. The highest BCUT2D eigenvalue weighted by Crippen LogP contribution is 2.22. The minimum atomic E-state index is 0.0729. The van der Waals surface area contributed by atoms with Crippen LogP contribution in [-0.4, -0.2) is 33.7 Å². The molecule has 1 aromatic carbocycles. The number of likely N-dealkylation sites (tertiary alicyclic amines) is 1. The molecule has 0 atom stereocenters. The summed E-state index contributed by atoms with van der Waals surface area (Å²) in [5, 5.41) is 5.36. The molecule has 100 valence electrons. The summed E-state index contributed by atoms with van der Waals surface area (Å²) in [5.74, 6) is 0.799. The summed E-state index contributed by atoms with van der Waals surface area (Å²) in [5.41, 5.74) is 1.60. The molecule has 2 heterocycles. The molecule has 0 saturated carbocycles. The van der Waals surface area contributed by atoms with Gasteiger partial charge in [-0.2, -0.15) is 5.10 Å². The average Bonchev–Trinajstić information content (AvgIpc) is 2.77. The summed E-state index contributed by atoms with van der Waals surface area (Å²) >= 11 is 0. The Bertz CT molecular complexity index is 609. The molecule has 4 nitrogen and oxygen atoms in total. The molecule has 2 aromatic rings. The molecule has 1 aliphatic heterocycles.